The van der Waals surface area contributed by atoms with Gasteiger partial charge < -0.3 is 19.3 Å². The zero-order valence-electron chi connectivity index (χ0n) is 15.4. The van der Waals surface area contributed by atoms with Crippen LogP contribution in [-0.4, -0.2) is 91.1 Å². The van der Waals surface area contributed by atoms with Gasteiger partial charge in [-0.25, -0.2) is 4.79 Å². The summed E-state index contributed by atoms with van der Waals surface area (Å²) in [6.45, 7) is 3.73. The fraction of sp³-hybridized carbons (Fsp3) is 0.765. The molecule has 0 aliphatic carbocycles. The minimum Gasteiger partial charge on any atom is -0.466 e. The van der Waals surface area contributed by atoms with E-state index in [-0.39, 0.29) is 55.8 Å². The molecule has 0 aromatic carbocycles. The van der Waals surface area contributed by atoms with Crippen LogP contribution in [0.3, 0.4) is 0 Å². The van der Waals surface area contributed by atoms with Crippen molar-refractivity contribution in [2.75, 3.05) is 46.5 Å². The monoisotopic (exact) mass is 369 g/mol. The van der Waals surface area contributed by atoms with Crippen molar-refractivity contribution in [2.45, 2.75) is 38.6 Å². The number of methoxy groups -OCH3 is 1. The lowest BCUT2D eigenvalue weighted by Crippen LogP contribution is -2.48. The Bertz CT molecular complexity index is 545. The van der Waals surface area contributed by atoms with Gasteiger partial charge in [0.1, 0.15) is 6.54 Å². The van der Waals surface area contributed by atoms with E-state index >= 15 is 0 Å². The van der Waals surface area contributed by atoms with E-state index in [0.717, 1.165) is 0 Å². The zero-order valence-corrected chi connectivity index (χ0v) is 15.4. The normalized spacial score (nSPS) is 18.6. The van der Waals surface area contributed by atoms with Gasteiger partial charge in [-0.15, -0.1) is 0 Å². The molecule has 0 radical (unpaired) electrons. The van der Waals surface area contributed by atoms with Crippen LogP contribution >= 0.6 is 0 Å². The largest absolute Gasteiger partial charge is 0.466 e. The first-order chi connectivity index (χ1) is 12.5. The Hall–Kier alpha value is -2.16. The van der Waals surface area contributed by atoms with Gasteiger partial charge in [-0.3, -0.25) is 19.3 Å². The zero-order chi connectivity index (χ0) is 19.1. The van der Waals surface area contributed by atoms with Gasteiger partial charge in [0.25, 0.3) is 0 Å². The highest BCUT2D eigenvalue weighted by Gasteiger charge is 2.40. The second kappa shape index (κ2) is 9.51. The number of nitrogens with zero attached hydrogens (tertiary/aromatic N) is 3. The summed E-state index contributed by atoms with van der Waals surface area (Å²) in [6, 6.07) is -0.327. The molecule has 0 N–H and O–H groups in total. The topological polar surface area (TPSA) is 96.5 Å². The molecule has 0 saturated carbocycles. The Kier molecular flexibility index (Phi) is 7.38. The maximum Gasteiger partial charge on any atom is 0.327 e. The molecule has 9 nitrogen and oxygen atoms in total. The average Bonchev–Trinajstić information content (AvgIpc) is 2.92. The molecule has 9 heteroatoms. The minimum atomic E-state index is -0.368. The van der Waals surface area contributed by atoms with Crippen molar-refractivity contribution >= 4 is 23.8 Å². The molecule has 26 heavy (non-hydrogen) atoms. The van der Waals surface area contributed by atoms with E-state index in [1.54, 1.807) is 16.7 Å². The summed E-state index contributed by atoms with van der Waals surface area (Å²) in [5, 5.41) is 0. The van der Waals surface area contributed by atoms with Crippen molar-refractivity contribution in [3.8, 4) is 0 Å². The molecule has 2 aliphatic rings. The molecule has 2 heterocycles. The van der Waals surface area contributed by atoms with Gasteiger partial charge in [0.2, 0.25) is 11.8 Å². The number of carbonyl (C=O) groups is 4. The van der Waals surface area contributed by atoms with Crippen molar-refractivity contribution in [1.82, 2.24) is 14.7 Å². The van der Waals surface area contributed by atoms with Crippen LogP contribution in [0.1, 0.15) is 32.6 Å². The molecule has 2 rings (SSSR count). The molecule has 0 bridgehead atoms. The number of esters is 1. The molecule has 2 saturated heterocycles. The van der Waals surface area contributed by atoms with Crippen LogP contribution in [0.5, 0.6) is 0 Å². The maximum absolute atomic E-state index is 12.4. The number of hydrogen-bond acceptors (Lipinski definition) is 6. The highest BCUT2D eigenvalue weighted by Crippen LogP contribution is 2.22. The number of piperidine rings is 1. The Morgan fingerprint density at radius 1 is 1.15 bits per heavy atom. The van der Waals surface area contributed by atoms with Crippen LogP contribution in [0.4, 0.5) is 4.79 Å². The van der Waals surface area contributed by atoms with Crippen LogP contribution < -0.4 is 0 Å². The van der Waals surface area contributed by atoms with Gasteiger partial charge in [0, 0.05) is 32.7 Å². The standard InChI is InChI=1S/C17H27N3O6/c1-3-26-16(23)5-4-14(21)18-8-6-13(7-9-18)20-12-15(22)19(17(20)24)10-11-25-2/h13H,3-12H2,1-2H3. The highest BCUT2D eigenvalue weighted by atomic mass is 16.5. The molecular weight excluding hydrogens is 342 g/mol. The lowest BCUT2D eigenvalue weighted by atomic mass is 10.0. The summed E-state index contributed by atoms with van der Waals surface area (Å²) in [4.78, 5) is 52.5. The van der Waals surface area contributed by atoms with Gasteiger partial charge in [-0.2, -0.15) is 0 Å². The summed E-state index contributed by atoms with van der Waals surface area (Å²) < 4.78 is 9.76. The highest BCUT2D eigenvalue weighted by molar-refractivity contribution is 6.02. The summed E-state index contributed by atoms with van der Waals surface area (Å²) in [6.07, 6.45) is 1.47. The molecule has 146 valence electrons. The number of hydrogen-bond donors (Lipinski definition) is 0. The van der Waals surface area contributed by atoms with Crippen molar-refractivity contribution in [1.29, 1.82) is 0 Å². The van der Waals surface area contributed by atoms with Gasteiger partial charge in [0.05, 0.1) is 26.2 Å². The molecule has 0 aromatic heterocycles. The lowest BCUT2D eigenvalue weighted by molar-refractivity contribution is -0.146. The van der Waals surface area contributed by atoms with Gasteiger partial charge in [-0.1, -0.05) is 0 Å². The Morgan fingerprint density at radius 3 is 2.46 bits per heavy atom. The smallest absolute Gasteiger partial charge is 0.327 e. The number of imide groups is 1. The predicted octanol–water partition coefficient (Wildman–Crippen LogP) is 0.231. The first kappa shape index (κ1) is 20.2. The van der Waals surface area contributed by atoms with E-state index in [1.807, 2.05) is 0 Å². The maximum atomic E-state index is 12.4. The van der Waals surface area contributed by atoms with Gasteiger partial charge in [0.15, 0.2) is 0 Å². The summed E-state index contributed by atoms with van der Waals surface area (Å²) in [5.41, 5.74) is 0. The number of amides is 4. The van der Waals surface area contributed by atoms with Crippen LogP contribution in [0.2, 0.25) is 0 Å². The van der Waals surface area contributed by atoms with E-state index < -0.39 is 0 Å². The lowest BCUT2D eigenvalue weighted by Gasteiger charge is -2.36. The Morgan fingerprint density at radius 2 is 1.85 bits per heavy atom. The van der Waals surface area contributed by atoms with E-state index in [1.165, 1.54) is 12.0 Å². The van der Waals surface area contributed by atoms with Crippen LogP contribution in [0.15, 0.2) is 0 Å². The number of carbonyl (C=O) groups excluding carboxylic acids is 4. The molecular formula is C17H27N3O6. The molecule has 4 amide bonds. The number of urea groups is 1. The van der Waals surface area contributed by atoms with E-state index in [9.17, 15) is 19.2 Å². The van der Waals surface area contributed by atoms with Crippen LogP contribution in [0.25, 0.3) is 0 Å². The van der Waals surface area contributed by atoms with Gasteiger partial charge in [-0.05, 0) is 19.8 Å². The van der Waals surface area contributed by atoms with Crippen LogP contribution in [-0.2, 0) is 23.9 Å². The quantitative estimate of drug-likeness (QED) is 0.449. The number of rotatable bonds is 8. The first-order valence-electron chi connectivity index (χ1n) is 9.01. The predicted molar refractivity (Wildman–Crippen MR) is 91.2 cm³/mol. The first-order valence-corrected chi connectivity index (χ1v) is 9.01. The third kappa shape index (κ3) is 4.94. The molecule has 0 atom stereocenters. The molecule has 2 aliphatic heterocycles. The Labute approximate surface area is 153 Å². The van der Waals surface area contributed by atoms with Crippen molar-refractivity contribution < 1.29 is 28.7 Å². The fourth-order valence-electron chi connectivity index (χ4n) is 3.28. The van der Waals surface area contributed by atoms with Crippen molar-refractivity contribution in [3.63, 3.8) is 0 Å². The average molecular weight is 369 g/mol. The summed E-state index contributed by atoms with van der Waals surface area (Å²) in [5.74, 6) is -0.657. The summed E-state index contributed by atoms with van der Waals surface area (Å²) in [7, 11) is 1.53. The molecule has 0 unspecified atom stereocenters. The second-order valence-corrected chi connectivity index (χ2v) is 6.37. The third-order valence-electron chi connectivity index (χ3n) is 4.71. The van der Waals surface area contributed by atoms with Crippen LogP contribution in [0, 0.1) is 0 Å². The molecule has 0 aromatic rings. The van der Waals surface area contributed by atoms with Gasteiger partial charge >= 0.3 is 12.0 Å². The van der Waals surface area contributed by atoms with Crippen molar-refractivity contribution in [3.05, 3.63) is 0 Å². The summed E-state index contributed by atoms with van der Waals surface area (Å²) >= 11 is 0. The van der Waals surface area contributed by atoms with E-state index in [0.29, 0.717) is 39.1 Å². The molecule has 0 spiro atoms. The van der Waals surface area contributed by atoms with E-state index in [2.05, 4.69) is 0 Å². The Balaban J connectivity index is 1.79. The van der Waals surface area contributed by atoms with Crippen molar-refractivity contribution in [2.24, 2.45) is 0 Å². The fourth-order valence-corrected chi connectivity index (χ4v) is 3.28. The third-order valence-corrected chi connectivity index (χ3v) is 4.71. The SMILES string of the molecule is CCOC(=O)CCC(=O)N1CCC(N2CC(=O)N(CCOC)C2=O)CC1. The van der Waals surface area contributed by atoms with E-state index in [4.69, 9.17) is 9.47 Å². The number of likely N-dealkylation sites (tertiary alicyclic amines) is 1. The minimum absolute atomic E-state index is 0.0481. The second-order valence-electron chi connectivity index (χ2n) is 6.37. The molecule has 2 fully saturated rings. The number of ether oxygens (including phenoxy) is 2.